The Morgan fingerprint density at radius 2 is 2.31 bits per heavy atom. The van der Waals surface area contributed by atoms with Gasteiger partial charge in [-0.1, -0.05) is 6.07 Å². The van der Waals surface area contributed by atoms with E-state index in [0.29, 0.717) is 28.4 Å². The number of imidazole rings is 1. The van der Waals surface area contributed by atoms with Crippen LogP contribution in [0.5, 0.6) is 0 Å². The zero-order chi connectivity index (χ0) is 20.2. The second-order valence-corrected chi connectivity index (χ2v) is 6.91. The largest absolute Gasteiger partial charge is 0.393 e. The fraction of sp³-hybridized carbons (Fsp3) is 0.238. The number of nitrogens with zero attached hydrogens (tertiary/aromatic N) is 3. The summed E-state index contributed by atoms with van der Waals surface area (Å²) in [5.74, 6) is 0.825. The molecule has 4 N–H and O–H groups in total. The topological polar surface area (TPSA) is 107 Å². The summed E-state index contributed by atoms with van der Waals surface area (Å²) >= 11 is 0. The van der Waals surface area contributed by atoms with E-state index < -0.39 is 0 Å². The normalized spacial score (nSPS) is 16.7. The molecule has 1 fully saturated rings. The Bertz CT molecular complexity index is 1080. The van der Waals surface area contributed by atoms with Gasteiger partial charge in [-0.15, -0.1) is 0 Å². The third kappa shape index (κ3) is 3.74. The number of carbonyl (C=O) groups is 1. The number of rotatable bonds is 7. The molecule has 1 atom stereocenters. The molecule has 1 unspecified atom stereocenters. The van der Waals surface area contributed by atoms with E-state index in [-0.39, 0.29) is 0 Å². The number of hydrogen-bond acceptors (Lipinski definition) is 7. The number of aldehydes is 1. The van der Waals surface area contributed by atoms with E-state index in [2.05, 4.69) is 20.9 Å². The number of fused-ring (bicyclic) bond motifs is 1. The second-order valence-electron chi connectivity index (χ2n) is 6.91. The summed E-state index contributed by atoms with van der Waals surface area (Å²) in [5.41, 5.74) is 4.00. The van der Waals surface area contributed by atoms with Crippen LogP contribution in [0.2, 0.25) is 0 Å². The first-order valence-corrected chi connectivity index (χ1v) is 9.52. The first kappa shape index (κ1) is 18.8. The average Bonchev–Trinajstić information content (AvgIpc) is 3.40. The van der Waals surface area contributed by atoms with Gasteiger partial charge in [-0.3, -0.25) is 9.20 Å². The van der Waals surface area contributed by atoms with Gasteiger partial charge < -0.3 is 21.4 Å². The van der Waals surface area contributed by atoms with Crippen LogP contribution in [0.15, 0.2) is 42.9 Å². The number of nitrogens with one attached hydrogen (secondary N) is 4. The first-order chi connectivity index (χ1) is 14.2. The van der Waals surface area contributed by atoms with Gasteiger partial charge >= 0.3 is 0 Å². The molecule has 3 aromatic rings. The van der Waals surface area contributed by atoms with Gasteiger partial charge in [-0.2, -0.15) is 0 Å². The van der Waals surface area contributed by atoms with Crippen LogP contribution in [0.25, 0.3) is 22.6 Å². The predicted molar refractivity (Wildman–Crippen MR) is 115 cm³/mol. The van der Waals surface area contributed by atoms with Crippen molar-refractivity contribution >= 4 is 29.5 Å². The lowest BCUT2D eigenvalue weighted by molar-refractivity contribution is 0.112. The number of anilines is 1. The molecule has 0 radical (unpaired) electrons. The molecular formula is C21H23N7O. The lowest BCUT2D eigenvalue weighted by atomic mass is 10.0. The van der Waals surface area contributed by atoms with Gasteiger partial charge in [0.25, 0.3) is 0 Å². The summed E-state index contributed by atoms with van der Waals surface area (Å²) in [6.07, 6.45) is 8.36. The quantitative estimate of drug-likeness (QED) is 0.365. The van der Waals surface area contributed by atoms with E-state index >= 15 is 0 Å². The molecule has 1 saturated heterocycles. The number of hydrogen-bond donors (Lipinski definition) is 4. The molecule has 8 heteroatoms. The van der Waals surface area contributed by atoms with Gasteiger partial charge in [0.15, 0.2) is 6.29 Å². The van der Waals surface area contributed by atoms with Crippen LogP contribution in [-0.2, 0) is 0 Å². The molecule has 0 bridgehead atoms. The van der Waals surface area contributed by atoms with Gasteiger partial charge in [-0.05, 0) is 31.2 Å². The van der Waals surface area contributed by atoms with Gasteiger partial charge in [0.2, 0.25) is 0 Å². The summed E-state index contributed by atoms with van der Waals surface area (Å²) in [6.45, 7) is 1.95. The van der Waals surface area contributed by atoms with Gasteiger partial charge in [0.05, 0.1) is 17.6 Å². The molecule has 4 heterocycles. The van der Waals surface area contributed by atoms with Crippen molar-refractivity contribution in [2.45, 2.75) is 12.5 Å². The number of carbonyl (C=O) groups excluding carboxylic acids is 1. The molecule has 0 aromatic carbocycles. The SMILES string of the molecule is CN/C=C(\C=N)c1cn2c(-c3cccc(NC4CCNC4)n3)cnc2cc1C=O. The van der Waals surface area contributed by atoms with Crippen molar-refractivity contribution in [3.8, 4) is 11.4 Å². The maximum atomic E-state index is 11.6. The molecule has 8 nitrogen and oxygen atoms in total. The van der Waals surface area contributed by atoms with Crippen LogP contribution in [0, 0.1) is 5.41 Å². The van der Waals surface area contributed by atoms with Crippen LogP contribution < -0.4 is 16.0 Å². The second kappa shape index (κ2) is 8.24. The van der Waals surface area contributed by atoms with E-state index in [4.69, 9.17) is 10.4 Å². The maximum absolute atomic E-state index is 11.6. The number of pyridine rings is 2. The molecule has 1 aliphatic rings. The number of aromatic nitrogens is 3. The Labute approximate surface area is 168 Å². The Hall–Kier alpha value is -3.52. The summed E-state index contributed by atoms with van der Waals surface area (Å²) in [6, 6.07) is 7.98. The molecule has 4 rings (SSSR count). The van der Waals surface area contributed by atoms with Crippen molar-refractivity contribution in [1.82, 2.24) is 25.0 Å². The third-order valence-corrected chi connectivity index (χ3v) is 5.00. The summed E-state index contributed by atoms with van der Waals surface area (Å²) in [5, 5.41) is 17.4. The zero-order valence-corrected chi connectivity index (χ0v) is 16.1. The molecule has 0 spiro atoms. The van der Waals surface area contributed by atoms with Gasteiger partial charge in [0, 0.05) is 54.9 Å². The van der Waals surface area contributed by atoms with E-state index in [9.17, 15) is 4.79 Å². The molecule has 1 aliphatic heterocycles. The Kier molecular flexibility index (Phi) is 5.35. The Balaban J connectivity index is 1.77. The van der Waals surface area contributed by atoms with Crippen molar-refractivity contribution in [3.05, 3.63) is 54.0 Å². The molecule has 29 heavy (non-hydrogen) atoms. The highest BCUT2D eigenvalue weighted by Gasteiger charge is 2.16. The van der Waals surface area contributed by atoms with Crippen LogP contribution in [0.3, 0.4) is 0 Å². The lowest BCUT2D eigenvalue weighted by Gasteiger charge is -2.13. The monoisotopic (exact) mass is 389 g/mol. The summed E-state index contributed by atoms with van der Waals surface area (Å²) < 4.78 is 1.90. The lowest BCUT2D eigenvalue weighted by Crippen LogP contribution is -2.22. The minimum atomic E-state index is 0.378. The van der Waals surface area contributed by atoms with Crippen molar-refractivity contribution in [1.29, 1.82) is 5.41 Å². The highest BCUT2D eigenvalue weighted by atomic mass is 16.1. The van der Waals surface area contributed by atoms with Gasteiger partial charge in [-0.25, -0.2) is 9.97 Å². The summed E-state index contributed by atoms with van der Waals surface area (Å²) in [4.78, 5) is 20.8. The molecule has 0 aliphatic carbocycles. The van der Waals surface area contributed by atoms with Crippen LogP contribution >= 0.6 is 0 Å². The Morgan fingerprint density at radius 1 is 1.41 bits per heavy atom. The zero-order valence-electron chi connectivity index (χ0n) is 16.1. The third-order valence-electron chi connectivity index (χ3n) is 5.00. The molecular weight excluding hydrogens is 366 g/mol. The van der Waals surface area contributed by atoms with E-state index in [0.717, 1.165) is 43.0 Å². The van der Waals surface area contributed by atoms with Crippen molar-refractivity contribution < 1.29 is 4.79 Å². The van der Waals surface area contributed by atoms with Gasteiger partial charge in [0.1, 0.15) is 11.5 Å². The average molecular weight is 389 g/mol. The van der Waals surface area contributed by atoms with Crippen LogP contribution in [-0.4, -0.2) is 53.0 Å². The van der Waals surface area contributed by atoms with Crippen LogP contribution in [0.4, 0.5) is 5.82 Å². The fourth-order valence-electron chi connectivity index (χ4n) is 3.56. The standard InChI is InChI=1S/C21H23N7O/c1-23-9-15(8-22)17-12-28-19(11-25-21(28)7-14(17)13-29)18-3-2-4-20(27-18)26-16-5-6-24-10-16/h2-4,7-9,11-13,16,22-24H,5-6,10H2,1H3,(H,26,27)/b15-9+,22-8?. The van der Waals surface area contributed by atoms with Crippen LogP contribution in [0.1, 0.15) is 22.3 Å². The molecule has 0 saturated carbocycles. The first-order valence-electron chi connectivity index (χ1n) is 9.52. The highest BCUT2D eigenvalue weighted by Crippen LogP contribution is 2.25. The van der Waals surface area contributed by atoms with Crippen molar-refractivity contribution in [3.63, 3.8) is 0 Å². The summed E-state index contributed by atoms with van der Waals surface area (Å²) in [7, 11) is 1.76. The molecule has 3 aromatic heterocycles. The minimum Gasteiger partial charge on any atom is -0.393 e. The Morgan fingerprint density at radius 3 is 3.03 bits per heavy atom. The predicted octanol–water partition coefficient (Wildman–Crippen LogP) is 2.19. The number of allylic oxidation sites excluding steroid dienone is 1. The van der Waals surface area contributed by atoms with E-state index in [1.807, 2.05) is 28.8 Å². The van der Waals surface area contributed by atoms with E-state index in [1.165, 1.54) is 6.21 Å². The highest BCUT2D eigenvalue weighted by molar-refractivity contribution is 6.11. The van der Waals surface area contributed by atoms with Crippen molar-refractivity contribution in [2.24, 2.45) is 0 Å². The minimum absolute atomic E-state index is 0.378. The maximum Gasteiger partial charge on any atom is 0.150 e. The fourth-order valence-corrected chi connectivity index (χ4v) is 3.56. The molecule has 148 valence electrons. The smallest absolute Gasteiger partial charge is 0.150 e. The van der Waals surface area contributed by atoms with Crippen molar-refractivity contribution in [2.75, 3.05) is 25.5 Å². The molecule has 0 amide bonds. The van der Waals surface area contributed by atoms with E-state index in [1.54, 1.807) is 25.5 Å².